The molecular weight excluding hydrogens is 176 g/mol. The van der Waals surface area contributed by atoms with E-state index in [0.717, 1.165) is 5.03 Å². The summed E-state index contributed by atoms with van der Waals surface area (Å²) in [5.74, 6) is 0. The Morgan fingerprint density at radius 2 is 2.42 bits per heavy atom. The molecule has 0 aliphatic carbocycles. The number of fused-ring (bicyclic) bond motifs is 1. The number of rotatable bonds is 0. The molecule has 2 aliphatic heterocycles. The van der Waals surface area contributed by atoms with E-state index in [9.17, 15) is 9.90 Å². The lowest BCUT2D eigenvalue weighted by molar-refractivity contribution is 0.0671. The minimum absolute atomic E-state index is 0.193. The van der Waals surface area contributed by atoms with Crippen molar-refractivity contribution >= 4 is 17.8 Å². The van der Waals surface area contributed by atoms with Crippen LogP contribution in [0.1, 0.15) is 0 Å². The van der Waals surface area contributed by atoms with Crippen molar-refractivity contribution < 1.29 is 9.90 Å². The van der Waals surface area contributed by atoms with E-state index in [-0.39, 0.29) is 6.03 Å². The van der Waals surface area contributed by atoms with Crippen molar-refractivity contribution in [2.24, 2.45) is 0 Å². The first kappa shape index (κ1) is 7.70. The molecule has 0 aromatic carbocycles. The molecule has 0 saturated carbocycles. The van der Waals surface area contributed by atoms with Crippen molar-refractivity contribution in [1.29, 1.82) is 0 Å². The first-order chi connectivity index (χ1) is 5.70. The SMILES string of the molecule is CN1C(=O)N2C=CSC2=CC1O. The largest absolute Gasteiger partial charge is 0.370 e. The molecule has 0 bridgehead atoms. The third-order valence-electron chi connectivity index (χ3n) is 1.83. The van der Waals surface area contributed by atoms with Crippen LogP contribution in [0.15, 0.2) is 22.7 Å². The van der Waals surface area contributed by atoms with E-state index in [1.807, 2.05) is 5.41 Å². The standard InChI is InChI=1S/C7H8N2O2S/c1-8-5(10)4-6-9(7(8)11)2-3-12-6/h2-5,10H,1H3. The molecule has 2 aliphatic rings. The Kier molecular flexibility index (Phi) is 1.62. The summed E-state index contributed by atoms with van der Waals surface area (Å²) in [5.41, 5.74) is 0. The molecule has 0 aromatic heterocycles. The van der Waals surface area contributed by atoms with Gasteiger partial charge in [0.1, 0.15) is 0 Å². The van der Waals surface area contributed by atoms with E-state index < -0.39 is 6.23 Å². The average Bonchev–Trinajstić information content (AvgIpc) is 2.48. The summed E-state index contributed by atoms with van der Waals surface area (Å²) in [5, 5.41) is 12.0. The zero-order chi connectivity index (χ0) is 8.72. The Morgan fingerprint density at radius 1 is 1.67 bits per heavy atom. The number of amides is 2. The van der Waals surface area contributed by atoms with Gasteiger partial charge in [-0.1, -0.05) is 11.8 Å². The Balaban J connectivity index is 2.36. The molecule has 5 heteroatoms. The second kappa shape index (κ2) is 2.53. The Morgan fingerprint density at radius 3 is 3.17 bits per heavy atom. The van der Waals surface area contributed by atoms with Crippen LogP contribution in [0.25, 0.3) is 0 Å². The van der Waals surface area contributed by atoms with Gasteiger partial charge in [-0.2, -0.15) is 0 Å². The van der Waals surface area contributed by atoms with Crippen LogP contribution in [-0.2, 0) is 0 Å². The van der Waals surface area contributed by atoms with Crippen LogP contribution in [0.3, 0.4) is 0 Å². The second-order valence-corrected chi connectivity index (χ2v) is 3.51. The molecule has 64 valence electrons. The number of aliphatic hydroxyl groups excluding tert-OH is 1. The number of aliphatic hydroxyl groups is 1. The number of likely N-dealkylation sites (N-methyl/N-ethyl adjacent to an activating group) is 1. The molecule has 2 heterocycles. The molecule has 1 unspecified atom stereocenters. The lowest BCUT2D eigenvalue weighted by atomic mass is 10.4. The second-order valence-electron chi connectivity index (χ2n) is 2.59. The molecule has 1 atom stereocenters. The van der Waals surface area contributed by atoms with Gasteiger partial charge in [-0.3, -0.25) is 9.80 Å². The third kappa shape index (κ3) is 0.937. The summed E-state index contributed by atoms with van der Waals surface area (Å²) in [7, 11) is 1.57. The van der Waals surface area contributed by atoms with Crippen molar-refractivity contribution in [2.45, 2.75) is 6.23 Å². The highest BCUT2D eigenvalue weighted by Crippen LogP contribution is 2.33. The van der Waals surface area contributed by atoms with E-state index in [0.29, 0.717) is 0 Å². The van der Waals surface area contributed by atoms with Gasteiger partial charge in [-0.15, -0.1) is 0 Å². The highest BCUT2D eigenvalue weighted by Gasteiger charge is 2.31. The summed E-state index contributed by atoms with van der Waals surface area (Å²) >= 11 is 1.43. The van der Waals surface area contributed by atoms with Crippen molar-refractivity contribution in [3.63, 3.8) is 0 Å². The van der Waals surface area contributed by atoms with Crippen LogP contribution in [0.5, 0.6) is 0 Å². The molecule has 4 nitrogen and oxygen atoms in total. The van der Waals surface area contributed by atoms with Gasteiger partial charge in [0.05, 0.1) is 5.03 Å². The molecule has 2 rings (SSSR count). The summed E-state index contributed by atoms with van der Waals surface area (Å²) in [6.45, 7) is 0. The van der Waals surface area contributed by atoms with E-state index in [1.165, 1.54) is 21.6 Å². The lowest BCUT2D eigenvalue weighted by Crippen LogP contribution is -2.45. The van der Waals surface area contributed by atoms with Crippen molar-refractivity contribution in [3.8, 4) is 0 Å². The van der Waals surface area contributed by atoms with Gasteiger partial charge in [0.25, 0.3) is 0 Å². The molecule has 0 spiro atoms. The molecule has 2 amide bonds. The first-order valence-corrected chi connectivity index (χ1v) is 4.37. The summed E-state index contributed by atoms with van der Waals surface area (Å²) in [6.07, 6.45) is 2.55. The van der Waals surface area contributed by atoms with Crippen molar-refractivity contribution in [2.75, 3.05) is 7.05 Å². The van der Waals surface area contributed by atoms with E-state index in [2.05, 4.69) is 0 Å². The van der Waals surface area contributed by atoms with Crippen LogP contribution in [-0.4, -0.2) is 34.2 Å². The van der Waals surface area contributed by atoms with Gasteiger partial charge in [-0.05, 0) is 11.5 Å². The van der Waals surface area contributed by atoms with Gasteiger partial charge >= 0.3 is 6.03 Å². The number of urea groups is 1. The lowest BCUT2D eigenvalue weighted by Gasteiger charge is -2.31. The number of carbonyl (C=O) groups excluding carboxylic acids is 1. The van der Waals surface area contributed by atoms with Crippen LogP contribution in [0.4, 0.5) is 4.79 Å². The average molecular weight is 184 g/mol. The summed E-state index contributed by atoms with van der Waals surface area (Å²) in [6, 6.07) is -0.193. The maximum absolute atomic E-state index is 11.4. The zero-order valence-corrected chi connectivity index (χ0v) is 7.28. The molecule has 0 fully saturated rings. The molecule has 0 radical (unpaired) electrons. The fraction of sp³-hybridized carbons (Fsp3) is 0.286. The van der Waals surface area contributed by atoms with Crippen molar-refractivity contribution in [1.82, 2.24) is 9.80 Å². The summed E-state index contributed by atoms with van der Waals surface area (Å²) < 4.78 is 0. The van der Waals surface area contributed by atoms with E-state index in [4.69, 9.17) is 0 Å². The van der Waals surface area contributed by atoms with Crippen LogP contribution >= 0.6 is 11.8 Å². The van der Waals surface area contributed by atoms with Gasteiger partial charge in [0.2, 0.25) is 0 Å². The smallest absolute Gasteiger partial charge is 0.331 e. The maximum atomic E-state index is 11.4. The van der Waals surface area contributed by atoms with Crippen LogP contribution in [0.2, 0.25) is 0 Å². The minimum atomic E-state index is -0.795. The number of hydrogen-bond acceptors (Lipinski definition) is 3. The van der Waals surface area contributed by atoms with Gasteiger partial charge in [0, 0.05) is 13.2 Å². The predicted octanol–water partition coefficient (Wildman–Crippen LogP) is 0.732. The topological polar surface area (TPSA) is 43.8 Å². The Hall–Kier alpha value is -0.940. The third-order valence-corrected chi connectivity index (χ3v) is 2.66. The summed E-state index contributed by atoms with van der Waals surface area (Å²) in [4.78, 5) is 14.2. The molecule has 12 heavy (non-hydrogen) atoms. The molecule has 0 saturated heterocycles. The van der Waals surface area contributed by atoms with Crippen LogP contribution < -0.4 is 0 Å². The highest BCUT2D eigenvalue weighted by atomic mass is 32.2. The fourth-order valence-corrected chi connectivity index (χ4v) is 1.87. The van der Waals surface area contributed by atoms with Gasteiger partial charge in [0.15, 0.2) is 6.23 Å². The van der Waals surface area contributed by atoms with Gasteiger partial charge in [-0.25, -0.2) is 4.79 Å². The quantitative estimate of drug-likeness (QED) is 0.603. The molecule has 0 aromatic rings. The fourth-order valence-electron chi connectivity index (χ4n) is 1.09. The Labute approximate surface area is 74.1 Å². The molecular formula is C7H8N2O2S. The zero-order valence-electron chi connectivity index (χ0n) is 6.47. The number of nitrogens with zero attached hydrogens (tertiary/aromatic N) is 2. The first-order valence-electron chi connectivity index (χ1n) is 3.49. The Bertz CT molecular complexity index is 287. The van der Waals surface area contributed by atoms with E-state index >= 15 is 0 Å². The number of hydrogen-bond donors (Lipinski definition) is 1. The van der Waals surface area contributed by atoms with Crippen LogP contribution in [0, 0.1) is 0 Å². The van der Waals surface area contributed by atoms with Crippen molar-refractivity contribution in [3.05, 3.63) is 22.7 Å². The maximum Gasteiger partial charge on any atom is 0.331 e. The highest BCUT2D eigenvalue weighted by molar-refractivity contribution is 8.06. The van der Waals surface area contributed by atoms with E-state index in [1.54, 1.807) is 19.3 Å². The predicted molar refractivity (Wildman–Crippen MR) is 45.8 cm³/mol. The number of carbonyl (C=O) groups is 1. The minimum Gasteiger partial charge on any atom is -0.370 e. The monoisotopic (exact) mass is 184 g/mol. The molecule has 1 N–H and O–H groups in total. The normalized spacial score (nSPS) is 27.7. The number of thioether (sulfide) groups is 1. The van der Waals surface area contributed by atoms with Gasteiger partial charge < -0.3 is 5.11 Å².